The zero-order valence-corrected chi connectivity index (χ0v) is 10.7. The molecule has 1 unspecified atom stereocenters. The third-order valence-corrected chi connectivity index (χ3v) is 2.89. The van der Waals surface area contributed by atoms with Crippen LogP contribution in [0.1, 0.15) is 17.2 Å². The molecule has 0 fully saturated rings. The van der Waals surface area contributed by atoms with Crippen molar-refractivity contribution in [1.29, 1.82) is 10.5 Å². The first-order valence-corrected chi connectivity index (χ1v) is 6.02. The number of nitrogens with one attached hydrogen (secondary N) is 1. The SMILES string of the molecule is N#Cc1cccc(C(C#N)Nc2ccc(Cl)cc2)c1. The molecule has 0 bridgehead atoms. The molecule has 4 heteroatoms. The van der Waals surface area contributed by atoms with Crippen LogP contribution >= 0.6 is 11.6 Å². The highest BCUT2D eigenvalue weighted by molar-refractivity contribution is 6.30. The van der Waals surface area contributed by atoms with Crippen LogP contribution in [-0.2, 0) is 0 Å². The summed E-state index contributed by atoms with van der Waals surface area (Å²) in [7, 11) is 0. The Labute approximate surface area is 116 Å². The van der Waals surface area contributed by atoms with Crippen molar-refractivity contribution < 1.29 is 0 Å². The fourth-order valence-corrected chi connectivity index (χ4v) is 1.82. The largest absolute Gasteiger partial charge is 0.366 e. The van der Waals surface area contributed by atoms with Crippen molar-refractivity contribution in [2.24, 2.45) is 0 Å². The van der Waals surface area contributed by atoms with Crippen molar-refractivity contribution in [1.82, 2.24) is 0 Å². The summed E-state index contributed by atoms with van der Waals surface area (Å²) in [5.41, 5.74) is 2.10. The summed E-state index contributed by atoms with van der Waals surface area (Å²) in [4.78, 5) is 0. The van der Waals surface area contributed by atoms with E-state index in [2.05, 4.69) is 17.5 Å². The predicted molar refractivity (Wildman–Crippen MR) is 74.6 cm³/mol. The molecule has 19 heavy (non-hydrogen) atoms. The number of nitrogens with zero attached hydrogens (tertiary/aromatic N) is 2. The van der Waals surface area contributed by atoms with Crippen LogP contribution < -0.4 is 5.32 Å². The summed E-state index contributed by atoms with van der Waals surface area (Å²) in [5, 5.41) is 21.8. The maximum atomic E-state index is 9.24. The molecule has 0 aliphatic heterocycles. The predicted octanol–water partition coefficient (Wildman–Crippen LogP) is 3.89. The van der Waals surface area contributed by atoms with E-state index < -0.39 is 6.04 Å². The molecule has 1 N–H and O–H groups in total. The molecule has 0 saturated carbocycles. The van der Waals surface area contributed by atoms with Crippen LogP contribution in [0.15, 0.2) is 48.5 Å². The highest BCUT2D eigenvalue weighted by Crippen LogP contribution is 2.21. The Morgan fingerprint density at radius 3 is 2.42 bits per heavy atom. The molecule has 3 nitrogen and oxygen atoms in total. The van der Waals surface area contributed by atoms with Crippen LogP contribution in [0.4, 0.5) is 5.69 Å². The molecule has 0 spiro atoms. The van der Waals surface area contributed by atoms with Crippen molar-refractivity contribution >= 4 is 17.3 Å². The molecule has 0 aromatic heterocycles. The topological polar surface area (TPSA) is 59.6 Å². The van der Waals surface area contributed by atoms with Crippen LogP contribution in [0, 0.1) is 22.7 Å². The Hall–Kier alpha value is -2.49. The molecule has 0 radical (unpaired) electrons. The van der Waals surface area contributed by atoms with E-state index in [1.165, 1.54) is 0 Å². The van der Waals surface area contributed by atoms with Gasteiger partial charge in [0.2, 0.25) is 0 Å². The number of nitriles is 2. The van der Waals surface area contributed by atoms with E-state index in [1.807, 2.05) is 6.07 Å². The highest BCUT2D eigenvalue weighted by Gasteiger charge is 2.10. The molecular formula is C15H10ClN3. The first kappa shape index (κ1) is 13.0. The maximum Gasteiger partial charge on any atom is 0.140 e. The Kier molecular flexibility index (Phi) is 4.03. The second kappa shape index (κ2) is 5.91. The molecule has 0 heterocycles. The van der Waals surface area contributed by atoms with Crippen LogP contribution in [0.3, 0.4) is 0 Å². The Morgan fingerprint density at radius 2 is 1.79 bits per heavy atom. The zero-order chi connectivity index (χ0) is 13.7. The van der Waals surface area contributed by atoms with E-state index in [1.54, 1.807) is 42.5 Å². The van der Waals surface area contributed by atoms with Crippen molar-refractivity contribution in [2.75, 3.05) is 5.32 Å². The lowest BCUT2D eigenvalue weighted by atomic mass is 10.1. The van der Waals surface area contributed by atoms with Crippen LogP contribution in [0.5, 0.6) is 0 Å². The van der Waals surface area contributed by atoms with Crippen molar-refractivity contribution in [3.63, 3.8) is 0 Å². The van der Waals surface area contributed by atoms with E-state index in [9.17, 15) is 5.26 Å². The second-order valence-electron chi connectivity index (χ2n) is 3.95. The van der Waals surface area contributed by atoms with Crippen LogP contribution in [-0.4, -0.2) is 0 Å². The van der Waals surface area contributed by atoms with Crippen molar-refractivity contribution in [3.8, 4) is 12.1 Å². The molecule has 0 amide bonds. The molecule has 0 aliphatic carbocycles. The molecule has 0 aliphatic rings. The van der Waals surface area contributed by atoms with Crippen LogP contribution in [0.2, 0.25) is 5.02 Å². The number of anilines is 1. The van der Waals surface area contributed by atoms with Gasteiger partial charge in [-0.25, -0.2) is 0 Å². The van der Waals surface area contributed by atoms with Gasteiger partial charge in [-0.2, -0.15) is 10.5 Å². The number of hydrogen-bond donors (Lipinski definition) is 1. The zero-order valence-electron chi connectivity index (χ0n) is 9.97. The molecular weight excluding hydrogens is 258 g/mol. The van der Waals surface area contributed by atoms with Gasteiger partial charge in [0.1, 0.15) is 6.04 Å². The van der Waals surface area contributed by atoms with E-state index in [0.717, 1.165) is 11.3 Å². The minimum atomic E-state index is -0.505. The minimum absolute atomic E-state index is 0.505. The summed E-state index contributed by atoms with van der Waals surface area (Å²) in [5.74, 6) is 0. The lowest BCUT2D eigenvalue weighted by Gasteiger charge is -2.13. The van der Waals surface area contributed by atoms with E-state index >= 15 is 0 Å². The highest BCUT2D eigenvalue weighted by atomic mass is 35.5. The maximum absolute atomic E-state index is 9.24. The quantitative estimate of drug-likeness (QED) is 0.918. The van der Waals surface area contributed by atoms with E-state index in [0.29, 0.717) is 10.6 Å². The van der Waals surface area contributed by atoms with E-state index in [-0.39, 0.29) is 0 Å². The summed E-state index contributed by atoms with van der Waals surface area (Å²) < 4.78 is 0. The summed E-state index contributed by atoms with van der Waals surface area (Å²) in [6.07, 6.45) is 0. The monoisotopic (exact) mass is 267 g/mol. The van der Waals surface area contributed by atoms with Crippen molar-refractivity contribution in [2.45, 2.75) is 6.04 Å². The first-order valence-electron chi connectivity index (χ1n) is 5.64. The van der Waals surface area contributed by atoms with E-state index in [4.69, 9.17) is 16.9 Å². The van der Waals surface area contributed by atoms with Gasteiger partial charge in [-0.15, -0.1) is 0 Å². The lowest BCUT2D eigenvalue weighted by molar-refractivity contribution is 0.996. The molecule has 2 rings (SSSR count). The second-order valence-corrected chi connectivity index (χ2v) is 4.39. The number of benzene rings is 2. The molecule has 2 aromatic carbocycles. The third kappa shape index (κ3) is 3.25. The summed E-state index contributed by atoms with van der Waals surface area (Å²) in [6, 6.07) is 17.9. The molecule has 0 saturated heterocycles. The number of hydrogen-bond acceptors (Lipinski definition) is 3. The molecule has 1 atom stereocenters. The number of rotatable bonds is 3. The van der Waals surface area contributed by atoms with Gasteiger partial charge in [0.05, 0.1) is 17.7 Å². The number of halogens is 1. The van der Waals surface area contributed by atoms with Gasteiger partial charge in [0.25, 0.3) is 0 Å². The summed E-state index contributed by atoms with van der Waals surface area (Å²) in [6.45, 7) is 0. The van der Waals surface area contributed by atoms with Gasteiger partial charge in [-0.1, -0.05) is 23.7 Å². The Balaban J connectivity index is 2.23. The third-order valence-electron chi connectivity index (χ3n) is 2.63. The van der Waals surface area contributed by atoms with Gasteiger partial charge in [0.15, 0.2) is 0 Å². The van der Waals surface area contributed by atoms with Gasteiger partial charge in [-0.3, -0.25) is 0 Å². The smallest absolute Gasteiger partial charge is 0.140 e. The first-order chi connectivity index (χ1) is 9.22. The van der Waals surface area contributed by atoms with Gasteiger partial charge >= 0.3 is 0 Å². The van der Waals surface area contributed by atoms with Crippen LogP contribution in [0.25, 0.3) is 0 Å². The lowest BCUT2D eigenvalue weighted by Crippen LogP contribution is -2.08. The molecule has 2 aromatic rings. The summed E-state index contributed by atoms with van der Waals surface area (Å²) >= 11 is 5.81. The fraction of sp³-hybridized carbons (Fsp3) is 0.0667. The normalized spacial score (nSPS) is 11.1. The molecule has 92 valence electrons. The average Bonchev–Trinajstić information content (AvgIpc) is 2.46. The minimum Gasteiger partial charge on any atom is -0.366 e. The van der Waals surface area contributed by atoms with Gasteiger partial charge in [0, 0.05) is 10.7 Å². The fourth-order valence-electron chi connectivity index (χ4n) is 1.69. The van der Waals surface area contributed by atoms with Crippen molar-refractivity contribution in [3.05, 3.63) is 64.7 Å². The van der Waals surface area contributed by atoms with Gasteiger partial charge < -0.3 is 5.32 Å². The Bertz CT molecular complexity index is 650. The average molecular weight is 268 g/mol. The van der Waals surface area contributed by atoms with Gasteiger partial charge in [-0.05, 0) is 42.0 Å². The Morgan fingerprint density at radius 1 is 1.05 bits per heavy atom. The standard InChI is InChI=1S/C15H10ClN3/c16-13-4-6-14(7-5-13)19-15(10-18)12-3-1-2-11(8-12)9-17/h1-8,15,19H.